The molecular formula is C23H34O4. The second-order valence-corrected chi connectivity index (χ2v) is 9.95. The molecule has 0 heterocycles. The van der Waals surface area contributed by atoms with E-state index in [1.54, 1.807) is 6.92 Å². The van der Waals surface area contributed by atoms with Gasteiger partial charge in [0.25, 0.3) is 0 Å². The van der Waals surface area contributed by atoms with Crippen molar-refractivity contribution in [2.45, 2.75) is 91.3 Å². The Balaban J connectivity index is 1.55. The Morgan fingerprint density at radius 1 is 0.963 bits per heavy atom. The average molecular weight is 375 g/mol. The Labute approximate surface area is 163 Å². The Kier molecular flexibility index (Phi) is 4.67. The van der Waals surface area contributed by atoms with Crippen molar-refractivity contribution in [2.24, 2.45) is 28.6 Å². The summed E-state index contributed by atoms with van der Waals surface area (Å²) in [6, 6.07) is 0. The maximum atomic E-state index is 11.6. The first kappa shape index (κ1) is 19.0. The first-order valence-electron chi connectivity index (χ1n) is 10.8. The molecule has 7 unspecified atom stereocenters. The van der Waals surface area contributed by atoms with Crippen molar-refractivity contribution in [1.82, 2.24) is 0 Å². The van der Waals surface area contributed by atoms with Crippen molar-refractivity contribution in [3.05, 3.63) is 11.6 Å². The van der Waals surface area contributed by atoms with E-state index in [2.05, 4.69) is 19.9 Å². The van der Waals surface area contributed by atoms with Crippen LogP contribution in [0.5, 0.6) is 0 Å². The standard InChI is InChI=1S/C23H34O4/c1-14(24)26-17-9-11-22(3)16(13-17)5-6-18-19-7-8-21(27-15(2)25)23(19,4)12-10-20(18)22/h5,17-21H,6-13H2,1-4H3. The summed E-state index contributed by atoms with van der Waals surface area (Å²) in [5, 5.41) is 0. The summed E-state index contributed by atoms with van der Waals surface area (Å²) in [6.07, 6.45) is 11.4. The largest absolute Gasteiger partial charge is 0.462 e. The minimum atomic E-state index is -0.159. The molecule has 0 aromatic heterocycles. The van der Waals surface area contributed by atoms with Crippen LogP contribution in [0.25, 0.3) is 0 Å². The number of carbonyl (C=O) groups is 2. The minimum Gasteiger partial charge on any atom is -0.462 e. The number of esters is 2. The number of rotatable bonds is 2. The Bertz CT molecular complexity index is 667. The van der Waals surface area contributed by atoms with E-state index < -0.39 is 0 Å². The smallest absolute Gasteiger partial charge is 0.302 e. The van der Waals surface area contributed by atoms with Gasteiger partial charge < -0.3 is 9.47 Å². The molecule has 4 aliphatic carbocycles. The number of fused-ring (bicyclic) bond motifs is 5. The van der Waals surface area contributed by atoms with E-state index in [0.717, 1.165) is 38.5 Å². The van der Waals surface area contributed by atoms with E-state index in [-0.39, 0.29) is 35.0 Å². The van der Waals surface area contributed by atoms with Crippen molar-refractivity contribution >= 4 is 11.9 Å². The van der Waals surface area contributed by atoms with Gasteiger partial charge in [0.2, 0.25) is 0 Å². The molecule has 4 nitrogen and oxygen atoms in total. The molecule has 3 fully saturated rings. The summed E-state index contributed by atoms with van der Waals surface area (Å²) < 4.78 is 11.3. The second kappa shape index (κ2) is 6.63. The van der Waals surface area contributed by atoms with Gasteiger partial charge >= 0.3 is 11.9 Å². The van der Waals surface area contributed by atoms with Gasteiger partial charge in [-0.25, -0.2) is 0 Å². The molecule has 0 aliphatic heterocycles. The molecule has 0 radical (unpaired) electrons. The zero-order valence-electron chi connectivity index (χ0n) is 17.3. The number of allylic oxidation sites excluding steroid dienone is 1. The van der Waals surface area contributed by atoms with Crippen LogP contribution >= 0.6 is 0 Å². The van der Waals surface area contributed by atoms with Crippen molar-refractivity contribution < 1.29 is 19.1 Å². The van der Waals surface area contributed by atoms with Crippen molar-refractivity contribution in [2.75, 3.05) is 0 Å². The van der Waals surface area contributed by atoms with E-state index in [1.165, 1.54) is 25.3 Å². The van der Waals surface area contributed by atoms with Gasteiger partial charge in [-0.2, -0.15) is 0 Å². The van der Waals surface area contributed by atoms with Gasteiger partial charge in [0.1, 0.15) is 12.2 Å². The molecule has 0 spiro atoms. The number of hydrogen-bond donors (Lipinski definition) is 0. The van der Waals surface area contributed by atoms with Gasteiger partial charge in [-0.15, -0.1) is 0 Å². The van der Waals surface area contributed by atoms with Crippen LogP contribution in [0.1, 0.15) is 79.1 Å². The highest BCUT2D eigenvalue weighted by molar-refractivity contribution is 5.66. The average Bonchev–Trinajstić information content (AvgIpc) is 2.91. The number of carbonyl (C=O) groups excluding carboxylic acids is 2. The zero-order chi connectivity index (χ0) is 19.4. The topological polar surface area (TPSA) is 52.6 Å². The molecule has 0 N–H and O–H groups in total. The summed E-state index contributed by atoms with van der Waals surface area (Å²) in [7, 11) is 0. The van der Waals surface area contributed by atoms with Crippen LogP contribution in [0.3, 0.4) is 0 Å². The van der Waals surface area contributed by atoms with Gasteiger partial charge in [0.05, 0.1) is 0 Å². The van der Waals surface area contributed by atoms with Crippen LogP contribution in [-0.2, 0) is 19.1 Å². The Morgan fingerprint density at radius 3 is 2.41 bits per heavy atom. The molecule has 4 aliphatic rings. The lowest BCUT2D eigenvalue weighted by Gasteiger charge is -2.57. The lowest BCUT2D eigenvalue weighted by molar-refractivity contribution is -0.157. The minimum absolute atomic E-state index is 0.0621. The molecule has 0 aromatic rings. The van der Waals surface area contributed by atoms with Crippen LogP contribution in [0.15, 0.2) is 11.6 Å². The van der Waals surface area contributed by atoms with Crippen LogP contribution in [0.2, 0.25) is 0 Å². The third-order valence-electron chi connectivity index (χ3n) is 8.61. The molecule has 0 bridgehead atoms. The highest BCUT2D eigenvalue weighted by Crippen LogP contribution is 2.65. The lowest BCUT2D eigenvalue weighted by atomic mass is 9.48. The molecule has 27 heavy (non-hydrogen) atoms. The summed E-state index contributed by atoms with van der Waals surface area (Å²) >= 11 is 0. The molecule has 4 heteroatoms. The highest BCUT2D eigenvalue weighted by Gasteiger charge is 2.59. The third kappa shape index (κ3) is 3.03. The van der Waals surface area contributed by atoms with Gasteiger partial charge in [-0.3, -0.25) is 9.59 Å². The maximum Gasteiger partial charge on any atom is 0.302 e. The van der Waals surface area contributed by atoms with Crippen LogP contribution in [0.4, 0.5) is 0 Å². The van der Waals surface area contributed by atoms with Gasteiger partial charge in [0.15, 0.2) is 0 Å². The van der Waals surface area contributed by atoms with Gasteiger partial charge in [-0.1, -0.05) is 25.5 Å². The van der Waals surface area contributed by atoms with Crippen molar-refractivity contribution in [3.8, 4) is 0 Å². The molecule has 7 atom stereocenters. The van der Waals surface area contributed by atoms with Crippen molar-refractivity contribution in [3.63, 3.8) is 0 Å². The molecule has 150 valence electrons. The Morgan fingerprint density at radius 2 is 1.70 bits per heavy atom. The normalized spacial score (nSPS) is 45.8. The highest BCUT2D eigenvalue weighted by atomic mass is 16.5. The predicted octanol–water partition coefficient (Wildman–Crippen LogP) is 4.81. The predicted molar refractivity (Wildman–Crippen MR) is 103 cm³/mol. The molecule has 0 aromatic carbocycles. The summed E-state index contributed by atoms with van der Waals surface area (Å²) in [5.41, 5.74) is 1.92. The number of hydrogen-bond acceptors (Lipinski definition) is 4. The maximum absolute atomic E-state index is 11.6. The van der Waals surface area contributed by atoms with E-state index in [9.17, 15) is 9.59 Å². The quantitative estimate of drug-likeness (QED) is 0.514. The zero-order valence-corrected chi connectivity index (χ0v) is 17.3. The first-order valence-corrected chi connectivity index (χ1v) is 10.8. The summed E-state index contributed by atoms with van der Waals surface area (Å²) in [4.78, 5) is 22.9. The molecule has 0 saturated heterocycles. The van der Waals surface area contributed by atoms with E-state index in [0.29, 0.717) is 17.8 Å². The van der Waals surface area contributed by atoms with Crippen LogP contribution in [0, 0.1) is 28.6 Å². The molecule has 0 amide bonds. The van der Waals surface area contributed by atoms with Gasteiger partial charge in [0, 0.05) is 25.7 Å². The van der Waals surface area contributed by atoms with E-state index >= 15 is 0 Å². The van der Waals surface area contributed by atoms with Gasteiger partial charge in [-0.05, 0) is 68.1 Å². The monoisotopic (exact) mass is 374 g/mol. The fourth-order valence-electron chi connectivity index (χ4n) is 7.31. The van der Waals surface area contributed by atoms with E-state index in [1.807, 2.05) is 0 Å². The number of ether oxygens (including phenoxy) is 2. The summed E-state index contributed by atoms with van der Waals surface area (Å²) in [6.45, 7) is 7.88. The lowest BCUT2D eigenvalue weighted by Crippen LogP contribution is -2.51. The van der Waals surface area contributed by atoms with Crippen LogP contribution in [-0.4, -0.2) is 24.1 Å². The van der Waals surface area contributed by atoms with E-state index in [4.69, 9.17) is 9.47 Å². The van der Waals surface area contributed by atoms with Crippen LogP contribution < -0.4 is 0 Å². The third-order valence-corrected chi connectivity index (χ3v) is 8.61. The molecule has 3 saturated carbocycles. The summed E-state index contributed by atoms with van der Waals surface area (Å²) in [5.74, 6) is 1.77. The second-order valence-electron chi connectivity index (χ2n) is 9.95. The Hall–Kier alpha value is -1.32. The fraction of sp³-hybridized carbons (Fsp3) is 0.826. The molecule has 4 rings (SSSR count). The SMILES string of the molecule is CC(=O)OC1CCC2(C)C(=CCC3C2CCC2(C)C(OC(C)=O)CCC32)C1. The molecular weight excluding hydrogens is 340 g/mol. The fourth-order valence-corrected chi connectivity index (χ4v) is 7.31. The first-order chi connectivity index (χ1) is 12.7. The van der Waals surface area contributed by atoms with Crippen molar-refractivity contribution in [1.29, 1.82) is 0 Å².